The largest absolute Gasteiger partial charge is 0.382 e. The Morgan fingerprint density at radius 3 is 3.14 bits per heavy atom. The van der Waals surface area contributed by atoms with Crippen molar-refractivity contribution in [3.63, 3.8) is 0 Å². The summed E-state index contributed by atoms with van der Waals surface area (Å²) in [5, 5.41) is 21.0. The summed E-state index contributed by atoms with van der Waals surface area (Å²) >= 11 is 0. The lowest BCUT2D eigenvalue weighted by Gasteiger charge is -2.20. The molecule has 21 heavy (non-hydrogen) atoms. The first kappa shape index (κ1) is 12.5. The summed E-state index contributed by atoms with van der Waals surface area (Å²) in [6.45, 7) is 2.09. The highest BCUT2D eigenvalue weighted by atomic mass is 16.3. The van der Waals surface area contributed by atoms with Gasteiger partial charge in [-0.3, -0.25) is 4.90 Å². The highest BCUT2D eigenvalue weighted by Gasteiger charge is 2.39. The van der Waals surface area contributed by atoms with Crippen molar-refractivity contribution in [2.45, 2.75) is 18.6 Å². The second-order valence-electron chi connectivity index (χ2n) is 5.55. The molecule has 0 amide bonds. The van der Waals surface area contributed by atoms with Crippen molar-refractivity contribution in [1.29, 1.82) is 0 Å². The van der Waals surface area contributed by atoms with Gasteiger partial charge in [0.25, 0.3) is 0 Å². The number of rotatable bonds is 3. The van der Waals surface area contributed by atoms with Crippen LogP contribution in [0.15, 0.2) is 36.8 Å². The van der Waals surface area contributed by atoms with Crippen LogP contribution in [-0.2, 0) is 12.1 Å². The second-order valence-corrected chi connectivity index (χ2v) is 5.55. The molecule has 1 saturated heterocycles. The number of hydrogen-bond acceptors (Lipinski definition) is 5. The van der Waals surface area contributed by atoms with Crippen LogP contribution < -0.4 is 0 Å². The Bertz CT molecular complexity index is 719. The first-order valence-electron chi connectivity index (χ1n) is 6.97. The van der Waals surface area contributed by atoms with Crippen molar-refractivity contribution >= 4 is 5.65 Å². The molecule has 3 aromatic rings. The minimum atomic E-state index is -0.911. The quantitative estimate of drug-likeness (QED) is 0.734. The molecule has 2 N–H and O–H groups in total. The average Bonchev–Trinajstić information content (AvgIpc) is 3.18. The molecule has 1 aliphatic rings. The van der Waals surface area contributed by atoms with Crippen molar-refractivity contribution in [2.24, 2.45) is 0 Å². The van der Waals surface area contributed by atoms with Gasteiger partial charge in [0.2, 0.25) is 0 Å². The zero-order valence-electron chi connectivity index (χ0n) is 11.5. The van der Waals surface area contributed by atoms with E-state index in [2.05, 4.69) is 25.3 Å². The number of H-pyrrole nitrogens is 1. The number of pyridine rings is 1. The molecule has 0 radical (unpaired) electrons. The van der Waals surface area contributed by atoms with E-state index in [4.69, 9.17) is 0 Å². The SMILES string of the molecule is OC1(c2cn[nH]n2)CCN(Cc2cn3ccccc3n2)C1. The lowest BCUT2D eigenvalue weighted by atomic mass is 10.0. The fourth-order valence-corrected chi connectivity index (χ4v) is 2.93. The molecule has 1 unspecified atom stereocenters. The van der Waals surface area contributed by atoms with Gasteiger partial charge in [-0.1, -0.05) is 6.07 Å². The first-order chi connectivity index (χ1) is 10.2. The van der Waals surface area contributed by atoms with E-state index in [0.717, 1.165) is 24.4 Å². The van der Waals surface area contributed by atoms with Gasteiger partial charge in [0.1, 0.15) is 16.9 Å². The Kier molecular flexibility index (Phi) is 2.76. The fraction of sp³-hybridized carbons (Fsp3) is 0.357. The number of aliphatic hydroxyl groups is 1. The van der Waals surface area contributed by atoms with Gasteiger partial charge in [-0.15, -0.1) is 0 Å². The van der Waals surface area contributed by atoms with E-state index in [1.54, 1.807) is 6.20 Å². The lowest BCUT2D eigenvalue weighted by Crippen LogP contribution is -2.31. The van der Waals surface area contributed by atoms with Crippen molar-refractivity contribution in [3.8, 4) is 0 Å². The van der Waals surface area contributed by atoms with Crippen LogP contribution in [0.5, 0.6) is 0 Å². The summed E-state index contributed by atoms with van der Waals surface area (Å²) in [6, 6.07) is 5.95. The second kappa shape index (κ2) is 4.64. The maximum atomic E-state index is 10.6. The molecule has 1 fully saturated rings. The molecule has 0 aromatic carbocycles. The van der Waals surface area contributed by atoms with Crippen LogP contribution in [0.2, 0.25) is 0 Å². The standard InChI is InChI=1S/C14H16N6O/c21-14(12-7-15-18-17-12)4-6-19(10-14)8-11-9-20-5-2-1-3-13(20)16-11/h1-3,5,7,9,21H,4,6,8,10H2,(H,15,17,18). The maximum absolute atomic E-state index is 10.6. The third-order valence-corrected chi connectivity index (χ3v) is 4.02. The van der Waals surface area contributed by atoms with Crippen LogP contribution in [0.3, 0.4) is 0 Å². The summed E-state index contributed by atoms with van der Waals surface area (Å²) < 4.78 is 2.01. The smallest absolute Gasteiger partial charge is 0.137 e. The predicted octanol–water partition coefficient (Wildman–Crippen LogP) is 0.546. The topological polar surface area (TPSA) is 82.3 Å². The average molecular weight is 284 g/mol. The molecule has 4 heterocycles. The number of nitrogens with one attached hydrogen (secondary N) is 1. The van der Waals surface area contributed by atoms with E-state index in [0.29, 0.717) is 18.7 Å². The third-order valence-electron chi connectivity index (χ3n) is 4.02. The molecule has 1 atom stereocenters. The number of likely N-dealkylation sites (tertiary alicyclic amines) is 1. The lowest BCUT2D eigenvalue weighted by molar-refractivity contribution is 0.0407. The molecular weight excluding hydrogens is 268 g/mol. The van der Waals surface area contributed by atoms with E-state index in [-0.39, 0.29) is 0 Å². The minimum absolute atomic E-state index is 0.549. The fourth-order valence-electron chi connectivity index (χ4n) is 2.93. The highest BCUT2D eigenvalue weighted by Crippen LogP contribution is 2.30. The summed E-state index contributed by atoms with van der Waals surface area (Å²) in [5.74, 6) is 0. The molecule has 0 aliphatic carbocycles. The summed E-state index contributed by atoms with van der Waals surface area (Å²) in [5.41, 5.74) is 1.65. The summed E-state index contributed by atoms with van der Waals surface area (Å²) in [4.78, 5) is 6.78. The van der Waals surface area contributed by atoms with Crippen molar-refractivity contribution in [3.05, 3.63) is 48.2 Å². The van der Waals surface area contributed by atoms with E-state index < -0.39 is 5.60 Å². The van der Waals surface area contributed by atoms with Gasteiger partial charge >= 0.3 is 0 Å². The first-order valence-corrected chi connectivity index (χ1v) is 6.97. The van der Waals surface area contributed by atoms with E-state index >= 15 is 0 Å². The van der Waals surface area contributed by atoms with Crippen LogP contribution in [-0.4, -0.2) is 47.9 Å². The van der Waals surface area contributed by atoms with E-state index in [1.807, 2.05) is 35.0 Å². The summed E-state index contributed by atoms with van der Waals surface area (Å²) in [7, 11) is 0. The third kappa shape index (κ3) is 2.20. The van der Waals surface area contributed by atoms with Gasteiger partial charge in [0, 0.05) is 32.0 Å². The van der Waals surface area contributed by atoms with Gasteiger partial charge < -0.3 is 9.51 Å². The van der Waals surface area contributed by atoms with Crippen LogP contribution >= 0.6 is 0 Å². The number of hydrogen-bond donors (Lipinski definition) is 2. The molecule has 108 valence electrons. The normalized spacial score (nSPS) is 23.1. The van der Waals surface area contributed by atoms with Crippen molar-refractivity contribution in [2.75, 3.05) is 13.1 Å². The molecule has 7 nitrogen and oxygen atoms in total. The molecule has 3 aromatic heterocycles. The molecule has 4 rings (SSSR count). The summed E-state index contributed by atoms with van der Waals surface area (Å²) in [6.07, 6.45) is 6.27. The van der Waals surface area contributed by atoms with Gasteiger partial charge in [0.05, 0.1) is 11.9 Å². The van der Waals surface area contributed by atoms with Gasteiger partial charge in [-0.05, 0) is 18.6 Å². The number of fused-ring (bicyclic) bond motifs is 1. The molecule has 1 aliphatic heterocycles. The Hall–Kier alpha value is -2.25. The highest BCUT2D eigenvalue weighted by molar-refractivity contribution is 5.39. The number of β-amino-alcohol motifs (C(OH)–C–C–N with tert-alkyl or cyclic N) is 1. The Morgan fingerprint density at radius 2 is 2.33 bits per heavy atom. The maximum Gasteiger partial charge on any atom is 0.137 e. The minimum Gasteiger partial charge on any atom is -0.382 e. The zero-order valence-corrected chi connectivity index (χ0v) is 11.5. The Labute approximate surface area is 121 Å². The number of aromatic amines is 1. The van der Waals surface area contributed by atoms with Gasteiger partial charge in [-0.2, -0.15) is 15.4 Å². The molecule has 0 saturated carbocycles. The molecule has 0 bridgehead atoms. The zero-order chi connectivity index (χ0) is 14.3. The van der Waals surface area contributed by atoms with Crippen LogP contribution in [0, 0.1) is 0 Å². The van der Waals surface area contributed by atoms with Crippen molar-refractivity contribution in [1.82, 2.24) is 29.7 Å². The molecular formula is C14H16N6O. The van der Waals surface area contributed by atoms with E-state index in [9.17, 15) is 5.11 Å². The number of imidazole rings is 1. The van der Waals surface area contributed by atoms with E-state index in [1.165, 1.54) is 0 Å². The molecule has 0 spiro atoms. The van der Waals surface area contributed by atoms with Crippen LogP contribution in [0.25, 0.3) is 5.65 Å². The number of nitrogens with zero attached hydrogens (tertiary/aromatic N) is 5. The molecule has 7 heteroatoms. The predicted molar refractivity (Wildman–Crippen MR) is 75.4 cm³/mol. The van der Waals surface area contributed by atoms with Crippen molar-refractivity contribution < 1.29 is 5.11 Å². The van der Waals surface area contributed by atoms with Crippen LogP contribution in [0.1, 0.15) is 17.8 Å². The number of aromatic nitrogens is 5. The van der Waals surface area contributed by atoms with Gasteiger partial charge in [-0.25, -0.2) is 4.98 Å². The van der Waals surface area contributed by atoms with Crippen LogP contribution in [0.4, 0.5) is 0 Å². The van der Waals surface area contributed by atoms with Gasteiger partial charge in [0.15, 0.2) is 0 Å². The Balaban J connectivity index is 1.51. The monoisotopic (exact) mass is 284 g/mol. The Morgan fingerprint density at radius 1 is 1.38 bits per heavy atom.